The summed E-state index contributed by atoms with van der Waals surface area (Å²) in [6.45, 7) is 0. The first-order chi connectivity index (χ1) is 17.5. The lowest BCUT2D eigenvalue weighted by atomic mass is 10.2. The van der Waals surface area contributed by atoms with Crippen molar-refractivity contribution in [1.29, 1.82) is 0 Å². The third kappa shape index (κ3) is 8.57. The fraction of sp³-hybridized carbons (Fsp3) is 0.318. The summed E-state index contributed by atoms with van der Waals surface area (Å²) in [5, 5.41) is 34.4. The second-order valence-electron chi connectivity index (χ2n) is 7.58. The summed E-state index contributed by atoms with van der Waals surface area (Å²) in [4.78, 5) is 20.4. The van der Waals surface area contributed by atoms with Crippen molar-refractivity contribution in [3.8, 4) is 0 Å². The van der Waals surface area contributed by atoms with Crippen LogP contribution >= 0.6 is 22.7 Å². The van der Waals surface area contributed by atoms with Crippen molar-refractivity contribution in [2.75, 3.05) is 22.1 Å². The molecule has 0 aromatic carbocycles. The Bertz CT molecular complexity index is 1230. The van der Waals surface area contributed by atoms with E-state index >= 15 is 0 Å². The summed E-state index contributed by atoms with van der Waals surface area (Å²) in [6, 6.07) is 10.9. The predicted molar refractivity (Wildman–Crippen MR) is 139 cm³/mol. The first-order valence-corrected chi connectivity index (χ1v) is 14.2. The minimum atomic E-state index is -1.07. The van der Waals surface area contributed by atoms with Gasteiger partial charge in [0.15, 0.2) is 0 Å². The lowest BCUT2D eigenvalue weighted by molar-refractivity contribution is -0.115. The van der Waals surface area contributed by atoms with E-state index in [1.165, 1.54) is 22.7 Å². The summed E-state index contributed by atoms with van der Waals surface area (Å²) in [6.07, 6.45) is 4.02. The van der Waals surface area contributed by atoms with Gasteiger partial charge in [0.05, 0.1) is 6.42 Å². The highest BCUT2D eigenvalue weighted by Crippen LogP contribution is 2.19. The molecule has 36 heavy (non-hydrogen) atoms. The number of hydrogen-bond acceptors (Lipinski definition) is 12. The van der Waals surface area contributed by atoms with Gasteiger partial charge in [0.25, 0.3) is 0 Å². The topological polar surface area (TPSA) is 162 Å². The maximum absolute atomic E-state index is 12.4. The van der Waals surface area contributed by atoms with Crippen LogP contribution in [0.5, 0.6) is 0 Å². The zero-order valence-corrected chi connectivity index (χ0v) is 21.6. The molecule has 0 aliphatic rings. The van der Waals surface area contributed by atoms with Crippen LogP contribution in [0, 0.1) is 0 Å². The molecule has 1 amide bonds. The zero-order valence-electron chi connectivity index (χ0n) is 19.1. The van der Waals surface area contributed by atoms with Crippen molar-refractivity contribution in [3.05, 3.63) is 70.2 Å². The number of aromatic nitrogens is 6. The van der Waals surface area contributed by atoms with E-state index in [-0.39, 0.29) is 12.3 Å². The van der Waals surface area contributed by atoms with Crippen molar-refractivity contribution in [2.24, 2.45) is 0 Å². The number of nitrogens with one attached hydrogen (secondary N) is 2. The predicted octanol–water partition coefficient (Wildman–Crippen LogP) is 1.87. The van der Waals surface area contributed by atoms with Crippen LogP contribution in [0.15, 0.2) is 48.8 Å². The van der Waals surface area contributed by atoms with E-state index in [0.717, 1.165) is 10.7 Å². The molecule has 0 saturated carbocycles. The van der Waals surface area contributed by atoms with Gasteiger partial charge in [-0.1, -0.05) is 46.0 Å². The number of amides is 1. The quantitative estimate of drug-likeness (QED) is 0.167. The van der Waals surface area contributed by atoms with Crippen LogP contribution in [0.1, 0.15) is 21.4 Å². The fourth-order valence-corrected chi connectivity index (χ4v) is 5.91. The van der Waals surface area contributed by atoms with Gasteiger partial charge in [-0.3, -0.25) is 14.8 Å². The van der Waals surface area contributed by atoms with Gasteiger partial charge in [-0.05, 0) is 24.3 Å². The SMILES string of the molecule is O=C(Cc1ccccn1)Nc1nnc(CC[S+]([O-])CCc2nnc(NC(O)Cc3ccccn3)s2)s1. The molecule has 0 saturated heterocycles. The van der Waals surface area contributed by atoms with Crippen molar-refractivity contribution < 1.29 is 14.5 Å². The van der Waals surface area contributed by atoms with E-state index < -0.39 is 17.4 Å². The number of carbonyl (C=O) groups excluding carboxylic acids is 1. The molecular weight excluding hydrogens is 520 g/mol. The molecule has 0 fully saturated rings. The average Bonchev–Trinajstić information content (AvgIpc) is 3.51. The Balaban J connectivity index is 1.15. The molecule has 188 valence electrons. The largest absolute Gasteiger partial charge is 0.616 e. The van der Waals surface area contributed by atoms with E-state index in [4.69, 9.17) is 0 Å². The highest BCUT2D eigenvalue weighted by Gasteiger charge is 2.15. The number of aryl methyl sites for hydroxylation is 2. The van der Waals surface area contributed by atoms with Gasteiger partial charge in [-0.2, -0.15) is 0 Å². The Labute approximate surface area is 218 Å². The van der Waals surface area contributed by atoms with Crippen molar-refractivity contribution in [3.63, 3.8) is 0 Å². The number of anilines is 2. The number of pyridine rings is 2. The minimum Gasteiger partial charge on any atom is -0.616 e. The summed E-state index contributed by atoms with van der Waals surface area (Å²) in [5.74, 6) is 0.663. The minimum absolute atomic E-state index is 0.159. The molecule has 11 nitrogen and oxygen atoms in total. The van der Waals surface area contributed by atoms with Gasteiger partial charge in [-0.15, -0.1) is 20.4 Å². The Kier molecular flexibility index (Phi) is 9.63. The maximum Gasteiger partial charge on any atom is 0.232 e. The lowest BCUT2D eigenvalue weighted by Crippen LogP contribution is -2.21. The van der Waals surface area contributed by atoms with Crippen molar-refractivity contribution in [1.82, 2.24) is 30.4 Å². The third-order valence-electron chi connectivity index (χ3n) is 4.75. The number of carbonyl (C=O) groups is 1. The molecule has 14 heteroatoms. The number of nitrogens with zero attached hydrogens (tertiary/aromatic N) is 6. The first-order valence-electron chi connectivity index (χ1n) is 11.1. The first kappa shape index (κ1) is 26.0. The zero-order chi connectivity index (χ0) is 25.2. The standard InChI is InChI=1S/C22H24N8O3S3/c31-17(13-15-5-1-3-9-23-15)25-21-29-27-19(34-21)7-11-36(33)12-8-20-28-30-22(35-20)26-18(32)14-16-6-2-4-10-24-16/h1-6,9-10,17,31H,7-8,11-14H2,(H,25,29)(H,26,30,32). The molecule has 0 aliphatic carbocycles. The van der Waals surface area contributed by atoms with E-state index in [1.807, 2.05) is 24.3 Å². The molecule has 0 aliphatic heterocycles. The number of hydrogen-bond donors (Lipinski definition) is 3. The second kappa shape index (κ2) is 13.3. The van der Waals surface area contributed by atoms with Crippen LogP contribution in [0.25, 0.3) is 0 Å². The number of rotatable bonds is 13. The summed E-state index contributed by atoms with van der Waals surface area (Å²) in [5.41, 5.74) is 1.45. The normalized spacial score (nSPS) is 12.7. The molecule has 2 unspecified atom stereocenters. The Morgan fingerprint density at radius 3 is 2.17 bits per heavy atom. The fourth-order valence-electron chi connectivity index (χ4n) is 3.06. The molecule has 0 radical (unpaired) electrons. The van der Waals surface area contributed by atoms with Crippen LogP contribution in [0.4, 0.5) is 10.3 Å². The molecule has 3 N–H and O–H groups in total. The van der Waals surface area contributed by atoms with Crippen LogP contribution in [-0.4, -0.2) is 63.7 Å². The smallest absolute Gasteiger partial charge is 0.232 e. The second-order valence-corrected chi connectivity index (χ2v) is 11.4. The van der Waals surface area contributed by atoms with Gasteiger partial charge in [0.1, 0.15) is 27.7 Å². The molecule has 0 spiro atoms. The number of aliphatic hydroxyl groups excluding tert-OH is 1. The Morgan fingerprint density at radius 2 is 1.53 bits per heavy atom. The summed E-state index contributed by atoms with van der Waals surface area (Å²) >= 11 is 1.52. The summed E-state index contributed by atoms with van der Waals surface area (Å²) < 4.78 is 12.4. The molecule has 0 bridgehead atoms. The maximum atomic E-state index is 12.4. The van der Waals surface area contributed by atoms with Crippen LogP contribution in [0.2, 0.25) is 0 Å². The van der Waals surface area contributed by atoms with Crippen molar-refractivity contribution >= 4 is 50.0 Å². The third-order valence-corrected chi connectivity index (χ3v) is 7.89. The van der Waals surface area contributed by atoms with Crippen LogP contribution in [-0.2, 0) is 41.7 Å². The number of aliphatic hydroxyl groups is 1. The Morgan fingerprint density at radius 1 is 0.917 bits per heavy atom. The molecule has 4 aromatic rings. The molecule has 4 rings (SSSR count). The van der Waals surface area contributed by atoms with Crippen LogP contribution < -0.4 is 10.6 Å². The molecule has 2 atom stereocenters. The van der Waals surface area contributed by atoms with E-state index in [0.29, 0.717) is 51.7 Å². The van der Waals surface area contributed by atoms with Crippen LogP contribution in [0.3, 0.4) is 0 Å². The highest BCUT2D eigenvalue weighted by molar-refractivity contribution is 7.91. The monoisotopic (exact) mass is 544 g/mol. The van der Waals surface area contributed by atoms with Gasteiger partial charge >= 0.3 is 0 Å². The Hall–Kier alpha value is -3.04. The summed E-state index contributed by atoms with van der Waals surface area (Å²) in [7, 11) is 0. The van der Waals surface area contributed by atoms with Gasteiger partial charge in [-0.25, -0.2) is 0 Å². The van der Waals surface area contributed by atoms with Gasteiger partial charge < -0.3 is 20.3 Å². The molecular formula is C22H24N8O3S3. The van der Waals surface area contributed by atoms with E-state index in [1.54, 1.807) is 24.5 Å². The van der Waals surface area contributed by atoms with Gasteiger partial charge in [0.2, 0.25) is 16.2 Å². The van der Waals surface area contributed by atoms with Crippen molar-refractivity contribution in [2.45, 2.75) is 31.9 Å². The average molecular weight is 545 g/mol. The van der Waals surface area contributed by atoms with E-state index in [2.05, 4.69) is 41.0 Å². The molecule has 4 heterocycles. The van der Waals surface area contributed by atoms with Gasteiger partial charge in [0, 0.05) is 43.0 Å². The molecule has 4 aromatic heterocycles. The van der Waals surface area contributed by atoms with E-state index in [9.17, 15) is 14.5 Å². The lowest BCUT2D eigenvalue weighted by Gasteiger charge is -2.10. The highest BCUT2D eigenvalue weighted by atomic mass is 32.2.